The van der Waals surface area contributed by atoms with E-state index in [9.17, 15) is 5.11 Å². The molecule has 4 rings (SSSR count). The Kier molecular flexibility index (Phi) is 11.1. The normalized spacial score (nSPS) is 16.7. The lowest BCUT2D eigenvalue weighted by atomic mass is 9.72. The second kappa shape index (κ2) is 15.0. The first kappa shape index (κ1) is 29.0. The molecule has 1 aliphatic rings. The van der Waals surface area contributed by atoms with Gasteiger partial charge in [0.05, 0.1) is 13.7 Å². The van der Waals surface area contributed by atoms with Crippen molar-refractivity contribution < 1.29 is 14.6 Å². The van der Waals surface area contributed by atoms with Crippen molar-refractivity contribution in [1.29, 1.82) is 0 Å². The highest BCUT2D eigenvalue weighted by Gasteiger charge is 2.30. The van der Waals surface area contributed by atoms with Gasteiger partial charge in [0.2, 0.25) is 0 Å². The number of nitrogens with zero attached hydrogens (tertiary/aromatic N) is 1. The summed E-state index contributed by atoms with van der Waals surface area (Å²) in [5, 5.41) is 11.3. The number of ether oxygens (including phenoxy) is 2. The molecule has 0 aromatic heterocycles. The minimum absolute atomic E-state index is 0.176. The van der Waals surface area contributed by atoms with E-state index in [1.54, 1.807) is 7.11 Å². The molecule has 4 heteroatoms. The highest BCUT2D eigenvalue weighted by atomic mass is 16.5. The molecule has 2 atom stereocenters. The van der Waals surface area contributed by atoms with E-state index in [-0.39, 0.29) is 5.92 Å². The highest BCUT2D eigenvalue weighted by molar-refractivity contribution is 5.52. The third-order valence-corrected chi connectivity index (χ3v) is 8.19. The maximum atomic E-state index is 11.3. The monoisotopic (exact) mass is 529 g/mol. The van der Waals surface area contributed by atoms with E-state index in [2.05, 4.69) is 61.2 Å². The standard InChI is InChI=1S/C35H47NO3/c1-4-6-22-36(23-7-5-2)24-11-25-39-34-15-10-14-33(35(34)37)32-21-18-28(30-12-8-9-13-31(30)32)26-27-16-19-29(38-3)20-17-27/h8-10,12-17,19-20,28,32,37H,4-7,11,18,21-26H2,1-3H3. The number of unbranched alkanes of at least 4 members (excludes halogenated alkanes) is 2. The first-order valence-electron chi connectivity index (χ1n) is 15.0. The Labute approximate surface area is 236 Å². The van der Waals surface area contributed by atoms with E-state index < -0.39 is 0 Å². The van der Waals surface area contributed by atoms with Crippen LogP contribution >= 0.6 is 0 Å². The molecule has 0 saturated carbocycles. The van der Waals surface area contributed by atoms with Crippen LogP contribution < -0.4 is 9.47 Å². The van der Waals surface area contributed by atoms with Crippen LogP contribution in [0.5, 0.6) is 17.2 Å². The van der Waals surface area contributed by atoms with Crippen molar-refractivity contribution >= 4 is 0 Å². The Morgan fingerprint density at radius 2 is 1.44 bits per heavy atom. The second-order valence-corrected chi connectivity index (χ2v) is 11.0. The molecular weight excluding hydrogens is 482 g/mol. The van der Waals surface area contributed by atoms with Crippen molar-refractivity contribution in [3.63, 3.8) is 0 Å². The van der Waals surface area contributed by atoms with Crippen LogP contribution in [0.1, 0.15) is 92.9 Å². The molecule has 0 heterocycles. The van der Waals surface area contributed by atoms with Crippen LogP contribution in [-0.2, 0) is 6.42 Å². The lowest BCUT2D eigenvalue weighted by Gasteiger charge is -2.32. The van der Waals surface area contributed by atoms with Crippen molar-refractivity contribution in [2.75, 3.05) is 33.4 Å². The van der Waals surface area contributed by atoms with Crippen LogP contribution in [0.2, 0.25) is 0 Å². The van der Waals surface area contributed by atoms with Gasteiger partial charge in [0.1, 0.15) is 5.75 Å². The van der Waals surface area contributed by atoms with Gasteiger partial charge in [0.25, 0.3) is 0 Å². The number of rotatable bonds is 15. The first-order valence-corrected chi connectivity index (χ1v) is 15.0. The van der Waals surface area contributed by atoms with E-state index in [0.717, 1.165) is 56.6 Å². The van der Waals surface area contributed by atoms with Gasteiger partial charge < -0.3 is 19.5 Å². The summed E-state index contributed by atoms with van der Waals surface area (Å²) < 4.78 is 11.5. The molecule has 1 N–H and O–H groups in total. The molecule has 0 saturated heterocycles. The maximum absolute atomic E-state index is 11.3. The number of phenols is 1. The summed E-state index contributed by atoms with van der Waals surface area (Å²) in [5.74, 6) is 2.45. The molecule has 0 bridgehead atoms. The summed E-state index contributed by atoms with van der Waals surface area (Å²) in [6.07, 6.45) is 9.03. The average molecular weight is 530 g/mol. The number of aromatic hydroxyl groups is 1. The van der Waals surface area contributed by atoms with Crippen molar-refractivity contribution in [2.45, 2.75) is 77.0 Å². The molecule has 4 nitrogen and oxygen atoms in total. The number of fused-ring (bicyclic) bond motifs is 1. The van der Waals surface area contributed by atoms with E-state index >= 15 is 0 Å². The van der Waals surface area contributed by atoms with Crippen molar-refractivity contribution in [2.24, 2.45) is 0 Å². The number of hydrogen-bond acceptors (Lipinski definition) is 4. The lowest BCUT2D eigenvalue weighted by molar-refractivity contribution is 0.225. The minimum atomic E-state index is 0.176. The van der Waals surface area contributed by atoms with Gasteiger partial charge in [0, 0.05) is 18.0 Å². The number of para-hydroxylation sites is 1. The van der Waals surface area contributed by atoms with Gasteiger partial charge in [-0.25, -0.2) is 0 Å². The average Bonchev–Trinajstić information content (AvgIpc) is 2.98. The molecule has 0 amide bonds. The summed E-state index contributed by atoms with van der Waals surface area (Å²) in [4.78, 5) is 2.56. The zero-order valence-electron chi connectivity index (χ0n) is 24.2. The largest absolute Gasteiger partial charge is 0.504 e. The third-order valence-electron chi connectivity index (χ3n) is 8.19. The molecule has 3 aromatic rings. The zero-order chi connectivity index (χ0) is 27.5. The van der Waals surface area contributed by atoms with Crippen LogP contribution in [0, 0.1) is 0 Å². The summed E-state index contributed by atoms with van der Waals surface area (Å²) >= 11 is 0. The molecule has 39 heavy (non-hydrogen) atoms. The topological polar surface area (TPSA) is 41.9 Å². The van der Waals surface area contributed by atoms with Gasteiger partial charge >= 0.3 is 0 Å². The first-order chi connectivity index (χ1) is 19.1. The van der Waals surface area contributed by atoms with E-state index in [1.165, 1.54) is 42.4 Å². The molecule has 2 unspecified atom stereocenters. The molecule has 0 fully saturated rings. The Balaban J connectivity index is 1.42. The fraction of sp³-hybridized carbons (Fsp3) is 0.486. The Bertz CT molecular complexity index is 1130. The molecule has 210 valence electrons. The molecule has 0 aliphatic heterocycles. The van der Waals surface area contributed by atoms with E-state index in [1.807, 2.05) is 24.3 Å². The molecule has 3 aromatic carbocycles. The summed E-state index contributed by atoms with van der Waals surface area (Å²) in [7, 11) is 1.71. The van der Waals surface area contributed by atoms with Crippen LogP contribution in [0.4, 0.5) is 0 Å². The smallest absolute Gasteiger partial charge is 0.161 e. The van der Waals surface area contributed by atoms with Crippen LogP contribution in [0.25, 0.3) is 0 Å². The van der Waals surface area contributed by atoms with Crippen molar-refractivity contribution in [1.82, 2.24) is 4.90 Å². The predicted octanol–water partition coefficient (Wildman–Crippen LogP) is 8.32. The summed E-state index contributed by atoms with van der Waals surface area (Å²) in [6, 6.07) is 23.2. The van der Waals surface area contributed by atoms with Crippen LogP contribution in [0.3, 0.4) is 0 Å². The minimum Gasteiger partial charge on any atom is -0.504 e. The maximum Gasteiger partial charge on any atom is 0.161 e. The van der Waals surface area contributed by atoms with Crippen LogP contribution in [0.15, 0.2) is 66.7 Å². The van der Waals surface area contributed by atoms with Crippen LogP contribution in [-0.4, -0.2) is 43.4 Å². The van der Waals surface area contributed by atoms with Gasteiger partial charge in [-0.2, -0.15) is 0 Å². The summed E-state index contributed by atoms with van der Waals surface area (Å²) in [6.45, 7) is 8.50. The van der Waals surface area contributed by atoms with E-state index in [0.29, 0.717) is 24.0 Å². The highest BCUT2D eigenvalue weighted by Crippen LogP contribution is 2.47. The number of hydrogen-bond donors (Lipinski definition) is 1. The molecular formula is C35H47NO3. The fourth-order valence-corrected chi connectivity index (χ4v) is 5.97. The molecule has 1 aliphatic carbocycles. The predicted molar refractivity (Wildman–Crippen MR) is 161 cm³/mol. The SMILES string of the molecule is CCCCN(CCCC)CCCOc1cccc(C2CCC(Cc3ccc(OC)cc3)c3ccccc32)c1O. The van der Waals surface area contributed by atoms with E-state index in [4.69, 9.17) is 9.47 Å². The third kappa shape index (κ3) is 7.79. The number of methoxy groups -OCH3 is 1. The number of phenolic OH excluding ortho intramolecular Hbond substituents is 1. The molecule has 0 spiro atoms. The van der Waals surface area contributed by atoms with Gasteiger partial charge in [0.15, 0.2) is 11.5 Å². The number of benzene rings is 3. The van der Waals surface area contributed by atoms with Gasteiger partial charge in [-0.15, -0.1) is 0 Å². The Morgan fingerprint density at radius 3 is 2.13 bits per heavy atom. The van der Waals surface area contributed by atoms with Gasteiger partial charge in [-0.05, 0) is 92.4 Å². The zero-order valence-corrected chi connectivity index (χ0v) is 24.2. The lowest BCUT2D eigenvalue weighted by Crippen LogP contribution is -2.28. The van der Waals surface area contributed by atoms with Gasteiger partial charge in [-0.3, -0.25) is 0 Å². The molecule has 0 radical (unpaired) electrons. The summed E-state index contributed by atoms with van der Waals surface area (Å²) in [5.41, 5.74) is 5.04. The van der Waals surface area contributed by atoms with Crippen molar-refractivity contribution in [3.05, 3.63) is 89.0 Å². The Hall–Kier alpha value is -2.98. The Morgan fingerprint density at radius 1 is 0.769 bits per heavy atom. The quantitative estimate of drug-likeness (QED) is 0.201. The fourth-order valence-electron chi connectivity index (χ4n) is 5.97. The van der Waals surface area contributed by atoms with Gasteiger partial charge in [-0.1, -0.05) is 75.2 Å². The van der Waals surface area contributed by atoms with Crippen molar-refractivity contribution in [3.8, 4) is 17.2 Å². The second-order valence-electron chi connectivity index (χ2n) is 11.0.